The summed E-state index contributed by atoms with van der Waals surface area (Å²) in [5.41, 5.74) is 5.72. The minimum atomic E-state index is 0.620. The van der Waals surface area contributed by atoms with Crippen molar-refractivity contribution < 1.29 is 0 Å². The smallest absolute Gasteiger partial charge is 0.156 e. The van der Waals surface area contributed by atoms with Crippen LogP contribution in [0.25, 0.3) is 27.6 Å². The number of imidazole rings is 1. The van der Waals surface area contributed by atoms with Crippen LogP contribution in [0.3, 0.4) is 0 Å². The predicted octanol–water partition coefficient (Wildman–Crippen LogP) is 4.50. The third kappa shape index (κ3) is 2.16. The summed E-state index contributed by atoms with van der Waals surface area (Å²) >= 11 is 0. The molecule has 0 amide bonds. The zero-order valence-corrected chi connectivity index (χ0v) is 13.9. The van der Waals surface area contributed by atoms with Crippen LogP contribution in [0.4, 0.5) is 5.69 Å². The van der Waals surface area contributed by atoms with E-state index >= 15 is 0 Å². The van der Waals surface area contributed by atoms with Gasteiger partial charge in [-0.3, -0.25) is 4.40 Å². The number of nitrogens with zero attached hydrogens (tertiary/aromatic N) is 4. The van der Waals surface area contributed by atoms with E-state index in [1.807, 2.05) is 24.3 Å². The van der Waals surface area contributed by atoms with Crippen LogP contribution < -0.4 is 4.90 Å². The molecular formula is C21H18N4. The zero-order valence-electron chi connectivity index (χ0n) is 13.9. The number of para-hydroxylation sites is 2. The fourth-order valence-corrected chi connectivity index (χ4v) is 3.95. The van der Waals surface area contributed by atoms with Crippen LogP contribution >= 0.6 is 0 Å². The van der Waals surface area contributed by atoms with Crippen molar-refractivity contribution in [2.24, 2.45) is 0 Å². The topological polar surface area (TPSA) is 44.3 Å². The molecule has 0 radical (unpaired) electrons. The largest absolute Gasteiger partial charge is 0.371 e. The maximum atomic E-state index is 9.57. The van der Waals surface area contributed by atoms with Crippen LogP contribution in [0.15, 0.2) is 48.5 Å². The normalized spacial score (nSPS) is 15.1. The Hall–Kier alpha value is -3.06. The summed E-state index contributed by atoms with van der Waals surface area (Å²) < 4.78 is 2.14. The van der Waals surface area contributed by atoms with Crippen LogP contribution in [0.1, 0.15) is 24.8 Å². The predicted molar refractivity (Wildman–Crippen MR) is 101 cm³/mol. The van der Waals surface area contributed by atoms with Gasteiger partial charge in [-0.2, -0.15) is 5.26 Å². The van der Waals surface area contributed by atoms with Crippen LogP contribution in [-0.2, 0) is 0 Å². The lowest BCUT2D eigenvalue weighted by molar-refractivity contribution is 0.578. The van der Waals surface area contributed by atoms with Crippen molar-refractivity contribution in [3.8, 4) is 6.07 Å². The molecule has 1 aliphatic heterocycles. The summed E-state index contributed by atoms with van der Waals surface area (Å²) in [6.07, 6.45) is 3.84. The van der Waals surface area contributed by atoms with Gasteiger partial charge in [0.15, 0.2) is 5.65 Å². The van der Waals surface area contributed by atoms with E-state index in [9.17, 15) is 5.26 Å². The van der Waals surface area contributed by atoms with Crippen LogP contribution in [-0.4, -0.2) is 22.5 Å². The van der Waals surface area contributed by atoms with Gasteiger partial charge in [-0.25, -0.2) is 4.98 Å². The second-order valence-electron chi connectivity index (χ2n) is 6.72. The van der Waals surface area contributed by atoms with E-state index in [1.165, 1.54) is 24.9 Å². The number of fused-ring (bicyclic) bond motifs is 5. The molecule has 4 nitrogen and oxygen atoms in total. The highest BCUT2D eigenvalue weighted by atomic mass is 15.1. The number of nitriles is 1. The van der Waals surface area contributed by atoms with Gasteiger partial charge in [-0.1, -0.05) is 18.2 Å². The molecule has 3 heterocycles. The number of piperidine rings is 1. The summed E-state index contributed by atoms with van der Waals surface area (Å²) in [5.74, 6) is 0. The number of aromatic nitrogens is 2. The second kappa shape index (κ2) is 5.49. The van der Waals surface area contributed by atoms with E-state index < -0.39 is 0 Å². The summed E-state index contributed by atoms with van der Waals surface area (Å²) in [6.45, 7) is 2.24. The molecule has 2 aromatic heterocycles. The summed E-state index contributed by atoms with van der Waals surface area (Å²) in [7, 11) is 0. The SMILES string of the molecule is N#Cc1cc2ccc(N3CCCCC3)cc2n2c1nc1ccccc12. The maximum Gasteiger partial charge on any atom is 0.156 e. The quantitative estimate of drug-likeness (QED) is 0.517. The number of benzene rings is 2. The van der Waals surface area contributed by atoms with Crippen molar-refractivity contribution >= 4 is 33.3 Å². The van der Waals surface area contributed by atoms with Gasteiger partial charge in [0.25, 0.3) is 0 Å². The lowest BCUT2D eigenvalue weighted by Gasteiger charge is -2.29. The summed E-state index contributed by atoms with van der Waals surface area (Å²) in [4.78, 5) is 7.17. The Morgan fingerprint density at radius 1 is 0.920 bits per heavy atom. The number of anilines is 1. The molecule has 1 saturated heterocycles. The van der Waals surface area contributed by atoms with Crippen LogP contribution in [0, 0.1) is 11.3 Å². The van der Waals surface area contributed by atoms with Crippen molar-refractivity contribution in [1.82, 2.24) is 9.38 Å². The molecule has 5 rings (SSSR count). The number of hydrogen-bond donors (Lipinski definition) is 0. The molecule has 2 aromatic carbocycles. The van der Waals surface area contributed by atoms with E-state index in [0.29, 0.717) is 5.56 Å². The highest BCUT2D eigenvalue weighted by Crippen LogP contribution is 2.30. The molecule has 4 heteroatoms. The molecule has 0 bridgehead atoms. The van der Waals surface area contributed by atoms with Gasteiger partial charge < -0.3 is 4.90 Å². The van der Waals surface area contributed by atoms with Gasteiger partial charge in [0.2, 0.25) is 0 Å². The molecule has 1 fully saturated rings. The Bertz CT molecular complexity index is 1140. The van der Waals surface area contributed by atoms with Gasteiger partial charge in [0.05, 0.1) is 22.1 Å². The third-order valence-corrected chi connectivity index (χ3v) is 5.20. The molecule has 0 spiro atoms. The van der Waals surface area contributed by atoms with Crippen LogP contribution in [0.5, 0.6) is 0 Å². The van der Waals surface area contributed by atoms with Crippen molar-refractivity contribution in [3.63, 3.8) is 0 Å². The molecule has 0 unspecified atom stereocenters. The number of pyridine rings is 1. The van der Waals surface area contributed by atoms with Crippen molar-refractivity contribution in [3.05, 3.63) is 54.1 Å². The van der Waals surface area contributed by atoms with E-state index in [4.69, 9.17) is 4.98 Å². The van der Waals surface area contributed by atoms with E-state index in [-0.39, 0.29) is 0 Å². The summed E-state index contributed by atoms with van der Waals surface area (Å²) in [6, 6.07) is 18.9. The maximum absolute atomic E-state index is 9.57. The van der Waals surface area contributed by atoms with Crippen molar-refractivity contribution in [2.75, 3.05) is 18.0 Å². The first-order valence-electron chi connectivity index (χ1n) is 8.84. The standard InChI is InChI=1S/C21H18N4/c22-14-16-12-15-8-9-17(24-10-4-1-5-11-24)13-20(15)25-19-7-3-2-6-18(19)23-21(16)25/h2-3,6-9,12-13H,1,4-5,10-11H2. The Morgan fingerprint density at radius 3 is 2.60 bits per heavy atom. The van der Waals surface area contributed by atoms with Crippen molar-refractivity contribution in [2.45, 2.75) is 19.3 Å². The Labute approximate surface area is 145 Å². The average Bonchev–Trinajstić information content (AvgIpc) is 3.07. The molecule has 25 heavy (non-hydrogen) atoms. The van der Waals surface area contributed by atoms with Gasteiger partial charge in [0.1, 0.15) is 6.07 Å². The van der Waals surface area contributed by atoms with Gasteiger partial charge in [-0.05, 0) is 49.6 Å². The summed E-state index contributed by atoms with van der Waals surface area (Å²) in [5, 5.41) is 10.6. The highest BCUT2D eigenvalue weighted by Gasteiger charge is 2.15. The first-order chi connectivity index (χ1) is 12.3. The third-order valence-electron chi connectivity index (χ3n) is 5.20. The Morgan fingerprint density at radius 2 is 1.76 bits per heavy atom. The first kappa shape index (κ1) is 14.3. The van der Waals surface area contributed by atoms with Gasteiger partial charge in [-0.15, -0.1) is 0 Å². The molecule has 0 atom stereocenters. The van der Waals surface area contributed by atoms with Crippen molar-refractivity contribution in [1.29, 1.82) is 5.26 Å². The molecule has 4 aromatic rings. The van der Waals surface area contributed by atoms with Crippen LogP contribution in [0.2, 0.25) is 0 Å². The van der Waals surface area contributed by atoms with Gasteiger partial charge >= 0.3 is 0 Å². The Balaban J connectivity index is 1.85. The first-order valence-corrected chi connectivity index (χ1v) is 8.84. The zero-order chi connectivity index (χ0) is 16.8. The van der Waals surface area contributed by atoms with Gasteiger partial charge in [0, 0.05) is 24.2 Å². The molecular weight excluding hydrogens is 308 g/mol. The number of hydrogen-bond acceptors (Lipinski definition) is 3. The fraction of sp³-hybridized carbons (Fsp3) is 0.238. The van der Waals surface area contributed by atoms with E-state index in [0.717, 1.165) is 40.7 Å². The van der Waals surface area contributed by atoms with E-state index in [1.54, 1.807) is 0 Å². The monoisotopic (exact) mass is 326 g/mol. The Kier molecular flexibility index (Phi) is 3.14. The minimum Gasteiger partial charge on any atom is -0.371 e. The average molecular weight is 326 g/mol. The molecule has 0 N–H and O–H groups in total. The molecule has 1 aliphatic rings. The highest BCUT2D eigenvalue weighted by molar-refractivity contribution is 5.94. The fourth-order valence-electron chi connectivity index (χ4n) is 3.95. The number of rotatable bonds is 1. The minimum absolute atomic E-state index is 0.620. The lowest BCUT2D eigenvalue weighted by atomic mass is 10.1. The molecule has 122 valence electrons. The lowest BCUT2D eigenvalue weighted by Crippen LogP contribution is -2.29. The van der Waals surface area contributed by atoms with E-state index in [2.05, 4.69) is 39.6 Å². The molecule has 0 saturated carbocycles. The second-order valence-corrected chi connectivity index (χ2v) is 6.72. The molecule has 0 aliphatic carbocycles.